The number of hydrogen-bond donors (Lipinski definition) is 0. The van der Waals surface area contributed by atoms with Gasteiger partial charge >= 0.3 is 0 Å². The van der Waals surface area contributed by atoms with Crippen molar-refractivity contribution in [2.45, 2.75) is 24.7 Å². The van der Waals surface area contributed by atoms with E-state index in [0.29, 0.717) is 55.7 Å². The molecule has 2 fully saturated rings. The maximum atomic E-state index is 14.5. The first-order valence-electron chi connectivity index (χ1n) is 10.9. The van der Waals surface area contributed by atoms with Crippen LogP contribution in [0.4, 0.5) is 10.1 Å². The summed E-state index contributed by atoms with van der Waals surface area (Å²) in [5, 5.41) is 0. The molecule has 0 atom stereocenters. The van der Waals surface area contributed by atoms with Crippen LogP contribution in [0, 0.1) is 11.7 Å². The zero-order chi connectivity index (χ0) is 23.8. The molecule has 2 aliphatic rings. The van der Waals surface area contributed by atoms with Gasteiger partial charge in [0.1, 0.15) is 11.6 Å². The Hall–Kier alpha value is -2.94. The van der Waals surface area contributed by atoms with Gasteiger partial charge < -0.3 is 14.5 Å². The van der Waals surface area contributed by atoms with Gasteiger partial charge in [0.2, 0.25) is 0 Å². The molecule has 1 saturated carbocycles. The first-order chi connectivity index (χ1) is 15.6. The maximum Gasteiger partial charge on any atom is 0.257 e. The summed E-state index contributed by atoms with van der Waals surface area (Å²) in [5.74, 6) is -0.118. The van der Waals surface area contributed by atoms with Crippen molar-refractivity contribution < 1.29 is 27.1 Å². The van der Waals surface area contributed by atoms with E-state index in [1.165, 1.54) is 25.1 Å². The van der Waals surface area contributed by atoms with Crippen LogP contribution in [-0.4, -0.2) is 64.0 Å². The Morgan fingerprint density at radius 3 is 2.33 bits per heavy atom. The standard InChI is InChI=1S/C24H27FN2O5S/c1-16(28)18-5-7-22(21(25)13-18)26-9-11-27(12-10-26)24(29)20-14-19(33(2,30)31)6-8-23(20)32-15-17-3-4-17/h5-8,13-14,17H,3-4,9-12,15H2,1-2H3. The summed E-state index contributed by atoms with van der Waals surface area (Å²) < 4.78 is 44.5. The fraction of sp³-hybridized carbons (Fsp3) is 0.417. The van der Waals surface area contributed by atoms with Crippen molar-refractivity contribution in [3.63, 3.8) is 0 Å². The first-order valence-corrected chi connectivity index (χ1v) is 12.8. The van der Waals surface area contributed by atoms with Crippen LogP contribution in [-0.2, 0) is 9.84 Å². The van der Waals surface area contributed by atoms with E-state index in [0.717, 1.165) is 19.1 Å². The number of amides is 1. The van der Waals surface area contributed by atoms with Crippen molar-refractivity contribution in [3.8, 4) is 5.75 Å². The van der Waals surface area contributed by atoms with Gasteiger partial charge in [-0.15, -0.1) is 0 Å². The number of ketones is 1. The maximum absolute atomic E-state index is 14.5. The van der Waals surface area contributed by atoms with Crippen LogP contribution in [0.3, 0.4) is 0 Å². The topological polar surface area (TPSA) is 84.0 Å². The van der Waals surface area contributed by atoms with E-state index < -0.39 is 15.7 Å². The lowest BCUT2D eigenvalue weighted by Crippen LogP contribution is -2.49. The Bertz CT molecular complexity index is 1190. The van der Waals surface area contributed by atoms with Gasteiger partial charge in [-0.1, -0.05) is 0 Å². The summed E-state index contributed by atoms with van der Waals surface area (Å²) in [6.45, 7) is 3.40. The molecule has 0 unspecified atom stereocenters. The molecule has 0 radical (unpaired) electrons. The van der Waals surface area contributed by atoms with Gasteiger partial charge in [-0.3, -0.25) is 9.59 Å². The molecule has 1 aliphatic carbocycles. The van der Waals surface area contributed by atoms with Gasteiger partial charge in [0.25, 0.3) is 5.91 Å². The van der Waals surface area contributed by atoms with Crippen LogP contribution in [0.5, 0.6) is 5.75 Å². The average Bonchev–Trinajstić information content (AvgIpc) is 3.61. The molecule has 1 amide bonds. The molecule has 0 N–H and O–H groups in total. The molecule has 0 aromatic heterocycles. The van der Waals surface area contributed by atoms with Gasteiger partial charge in [-0.25, -0.2) is 12.8 Å². The van der Waals surface area contributed by atoms with Crippen LogP contribution < -0.4 is 9.64 Å². The smallest absolute Gasteiger partial charge is 0.257 e. The Kier molecular flexibility index (Phi) is 6.43. The highest BCUT2D eigenvalue weighted by Crippen LogP contribution is 2.32. The first kappa shape index (κ1) is 23.2. The number of rotatable bonds is 7. The highest BCUT2D eigenvalue weighted by Gasteiger charge is 2.28. The zero-order valence-electron chi connectivity index (χ0n) is 18.7. The van der Waals surface area contributed by atoms with E-state index >= 15 is 0 Å². The van der Waals surface area contributed by atoms with E-state index in [4.69, 9.17) is 4.74 Å². The summed E-state index contributed by atoms with van der Waals surface area (Å²) in [7, 11) is -3.48. The number of piperazine rings is 1. The summed E-state index contributed by atoms with van der Waals surface area (Å²) >= 11 is 0. The molecule has 176 valence electrons. The molecule has 0 bridgehead atoms. The summed E-state index contributed by atoms with van der Waals surface area (Å²) in [6, 6.07) is 8.80. The van der Waals surface area contributed by atoms with Gasteiger partial charge in [0.05, 0.1) is 22.8 Å². The number of carbonyl (C=O) groups is 2. The monoisotopic (exact) mass is 474 g/mol. The molecule has 1 saturated heterocycles. The SMILES string of the molecule is CC(=O)c1ccc(N2CCN(C(=O)c3cc(S(C)(=O)=O)ccc3OCC3CC3)CC2)c(F)c1. The Balaban J connectivity index is 1.50. The molecule has 1 aliphatic heterocycles. The van der Waals surface area contributed by atoms with E-state index in [-0.39, 0.29) is 22.1 Å². The summed E-state index contributed by atoms with van der Waals surface area (Å²) in [5.41, 5.74) is 0.929. The van der Waals surface area contributed by atoms with E-state index in [9.17, 15) is 22.4 Å². The van der Waals surface area contributed by atoms with Crippen LogP contribution >= 0.6 is 0 Å². The van der Waals surface area contributed by atoms with Crippen LogP contribution in [0.2, 0.25) is 0 Å². The van der Waals surface area contributed by atoms with Gasteiger partial charge in [0, 0.05) is 38.0 Å². The van der Waals surface area contributed by atoms with Crippen molar-refractivity contribution >= 4 is 27.2 Å². The number of benzene rings is 2. The highest BCUT2D eigenvalue weighted by molar-refractivity contribution is 7.90. The molecule has 2 aromatic rings. The van der Waals surface area contributed by atoms with E-state index in [1.54, 1.807) is 23.1 Å². The number of nitrogens with zero attached hydrogens (tertiary/aromatic N) is 2. The van der Waals surface area contributed by atoms with Gasteiger partial charge in [-0.2, -0.15) is 0 Å². The quantitative estimate of drug-likeness (QED) is 0.573. The minimum absolute atomic E-state index is 0.0656. The lowest BCUT2D eigenvalue weighted by atomic mass is 10.1. The third-order valence-electron chi connectivity index (χ3n) is 6.04. The molecular weight excluding hydrogens is 447 g/mol. The van der Waals surface area contributed by atoms with Gasteiger partial charge in [-0.05, 0) is 62.1 Å². The van der Waals surface area contributed by atoms with Crippen molar-refractivity contribution in [2.75, 3.05) is 43.9 Å². The molecule has 1 heterocycles. The second-order valence-electron chi connectivity index (χ2n) is 8.69. The van der Waals surface area contributed by atoms with Crippen LogP contribution in [0.25, 0.3) is 0 Å². The normalized spacial score (nSPS) is 16.6. The highest BCUT2D eigenvalue weighted by atomic mass is 32.2. The van der Waals surface area contributed by atoms with Crippen molar-refractivity contribution in [1.82, 2.24) is 4.90 Å². The second-order valence-corrected chi connectivity index (χ2v) is 10.7. The number of Topliss-reactive ketones (excluding diaryl/α,β-unsaturated/α-hetero) is 1. The average molecular weight is 475 g/mol. The number of ether oxygens (including phenoxy) is 1. The zero-order valence-corrected chi connectivity index (χ0v) is 19.5. The third-order valence-corrected chi connectivity index (χ3v) is 7.15. The van der Waals surface area contributed by atoms with Crippen molar-refractivity contribution in [1.29, 1.82) is 0 Å². The molecular formula is C24H27FN2O5S. The fourth-order valence-electron chi connectivity index (χ4n) is 3.83. The lowest BCUT2D eigenvalue weighted by molar-refractivity contribution is 0.0741. The number of halogens is 1. The fourth-order valence-corrected chi connectivity index (χ4v) is 4.48. The van der Waals surface area contributed by atoms with Gasteiger partial charge in [0.15, 0.2) is 15.6 Å². The van der Waals surface area contributed by atoms with Crippen molar-refractivity contribution in [2.24, 2.45) is 5.92 Å². The number of sulfone groups is 1. The van der Waals surface area contributed by atoms with E-state index in [2.05, 4.69) is 0 Å². The molecule has 0 spiro atoms. The summed E-state index contributed by atoms with van der Waals surface area (Å²) in [4.78, 5) is 28.3. The lowest BCUT2D eigenvalue weighted by Gasteiger charge is -2.36. The minimum atomic E-state index is -3.48. The number of carbonyl (C=O) groups excluding carboxylic acids is 2. The predicted molar refractivity (Wildman–Crippen MR) is 122 cm³/mol. The number of anilines is 1. The second kappa shape index (κ2) is 9.13. The third kappa shape index (κ3) is 5.35. The molecule has 7 nitrogen and oxygen atoms in total. The van der Waals surface area contributed by atoms with E-state index in [1.807, 2.05) is 4.90 Å². The van der Waals surface area contributed by atoms with Crippen LogP contribution in [0.15, 0.2) is 41.3 Å². The molecule has 33 heavy (non-hydrogen) atoms. The Morgan fingerprint density at radius 1 is 1.06 bits per heavy atom. The minimum Gasteiger partial charge on any atom is -0.492 e. The van der Waals surface area contributed by atoms with Crippen molar-refractivity contribution in [3.05, 3.63) is 53.3 Å². The largest absolute Gasteiger partial charge is 0.492 e. The molecule has 4 rings (SSSR count). The Labute approximate surface area is 193 Å². The molecule has 9 heteroatoms. The molecule has 2 aromatic carbocycles. The summed E-state index contributed by atoms with van der Waals surface area (Å²) in [6.07, 6.45) is 3.29. The number of hydrogen-bond acceptors (Lipinski definition) is 6. The Morgan fingerprint density at radius 2 is 1.76 bits per heavy atom. The predicted octanol–water partition coefficient (Wildman–Crippen LogP) is 3.18. The van der Waals surface area contributed by atoms with Crippen LogP contribution in [0.1, 0.15) is 40.5 Å².